The minimum atomic E-state index is -0.763. The molecule has 0 saturated heterocycles. The van der Waals surface area contributed by atoms with Crippen molar-refractivity contribution in [3.63, 3.8) is 0 Å². The lowest BCUT2D eigenvalue weighted by Gasteiger charge is -2.01. The fraction of sp³-hybridized carbons (Fsp3) is 0.286. The number of hydrogen-bond acceptors (Lipinski definition) is 5. The molecule has 0 bridgehead atoms. The van der Waals surface area contributed by atoms with Crippen molar-refractivity contribution >= 4 is 35.6 Å². The number of rotatable bonds is 5. The third kappa shape index (κ3) is 3.61. The standard InChI is InChI=1S/C14H13N3O3S.ClH/c18-13(17-6-12-15-2-1-3-16-12)8-4-11(21-7-8)9-5-10(9)14(19)20;/h1-4,7,9-10H,5-6H2,(H,17,18)(H,19,20);1H. The molecule has 6 nitrogen and oxygen atoms in total. The predicted octanol–water partition coefficient (Wildman–Crippen LogP) is 2.08. The molecule has 3 rings (SSSR count). The molecule has 0 spiro atoms. The SMILES string of the molecule is Cl.O=C(NCc1ncccn1)c1csc(C2CC2C(=O)O)c1. The van der Waals surface area contributed by atoms with Gasteiger partial charge >= 0.3 is 5.97 Å². The molecule has 1 aliphatic carbocycles. The van der Waals surface area contributed by atoms with Crippen LogP contribution in [0.4, 0.5) is 0 Å². The summed E-state index contributed by atoms with van der Waals surface area (Å²) in [5.41, 5.74) is 0.557. The summed E-state index contributed by atoms with van der Waals surface area (Å²) in [5.74, 6) is -0.642. The first kappa shape index (κ1) is 16.4. The highest BCUT2D eigenvalue weighted by molar-refractivity contribution is 7.10. The third-order valence-electron chi connectivity index (χ3n) is 3.38. The maximum atomic E-state index is 12.0. The fourth-order valence-electron chi connectivity index (χ4n) is 2.13. The number of halogens is 1. The van der Waals surface area contributed by atoms with E-state index in [9.17, 15) is 9.59 Å². The van der Waals surface area contributed by atoms with Crippen LogP contribution in [0.5, 0.6) is 0 Å². The van der Waals surface area contributed by atoms with Gasteiger partial charge in [-0.3, -0.25) is 9.59 Å². The molecule has 1 amide bonds. The van der Waals surface area contributed by atoms with E-state index in [1.165, 1.54) is 11.3 Å². The Hall–Kier alpha value is -1.99. The Morgan fingerprint density at radius 3 is 2.73 bits per heavy atom. The number of hydrogen-bond donors (Lipinski definition) is 2. The van der Waals surface area contributed by atoms with Crippen LogP contribution in [0, 0.1) is 5.92 Å². The lowest BCUT2D eigenvalue weighted by atomic mass is 10.2. The van der Waals surface area contributed by atoms with Gasteiger partial charge in [0, 0.05) is 28.6 Å². The Kier molecular flexibility index (Phi) is 5.10. The molecule has 0 aliphatic heterocycles. The van der Waals surface area contributed by atoms with Gasteiger partial charge in [0.1, 0.15) is 5.82 Å². The number of aromatic nitrogens is 2. The third-order valence-corrected chi connectivity index (χ3v) is 4.45. The highest BCUT2D eigenvalue weighted by Crippen LogP contribution is 2.49. The zero-order valence-corrected chi connectivity index (χ0v) is 13.1. The molecular weight excluding hydrogens is 326 g/mol. The van der Waals surface area contributed by atoms with E-state index in [1.807, 2.05) is 0 Å². The van der Waals surface area contributed by atoms with E-state index in [0.29, 0.717) is 17.8 Å². The molecule has 1 aliphatic rings. The molecule has 2 atom stereocenters. The average molecular weight is 340 g/mol. The summed E-state index contributed by atoms with van der Waals surface area (Å²) in [4.78, 5) is 31.9. The number of nitrogens with one attached hydrogen (secondary N) is 1. The van der Waals surface area contributed by atoms with Crippen molar-refractivity contribution in [3.05, 3.63) is 46.2 Å². The first-order valence-corrected chi connectivity index (χ1v) is 7.38. The summed E-state index contributed by atoms with van der Waals surface area (Å²) in [5, 5.41) is 13.4. The van der Waals surface area contributed by atoms with Gasteiger partial charge in [-0.25, -0.2) is 9.97 Å². The van der Waals surface area contributed by atoms with E-state index in [0.717, 1.165) is 4.88 Å². The molecule has 8 heteroatoms. The van der Waals surface area contributed by atoms with Gasteiger partial charge in [0.15, 0.2) is 0 Å². The average Bonchev–Trinajstić information content (AvgIpc) is 3.16. The van der Waals surface area contributed by atoms with Crippen molar-refractivity contribution in [3.8, 4) is 0 Å². The summed E-state index contributed by atoms with van der Waals surface area (Å²) in [6, 6.07) is 3.49. The number of carbonyl (C=O) groups is 2. The molecule has 0 radical (unpaired) electrons. The number of carbonyl (C=O) groups excluding carboxylic acids is 1. The van der Waals surface area contributed by atoms with Crippen LogP contribution in [0.15, 0.2) is 29.9 Å². The minimum absolute atomic E-state index is 0. The Morgan fingerprint density at radius 2 is 2.09 bits per heavy atom. The zero-order valence-electron chi connectivity index (χ0n) is 11.4. The maximum Gasteiger partial charge on any atom is 0.307 e. The normalized spacial score (nSPS) is 19.1. The van der Waals surface area contributed by atoms with E-state index < -0.39 is 5.97 Å². The molecule has 2 unspecified atom stereocenters. The zero-order chi connectivity index (χ0) is 14.8. The van der Waals surface area contributed by atoms with Crippen LogP contribution in [0.1, 0.15) is 33.4 Å². The van der Waals surface area contributed by atoms with E-state index in [2.05, 4.69) is 15.3 Å². The topological polar surface area (TPSA) is 92.2 Å². The van der Waals surface area contributed by atoms with Gasteiger partial charge in [-0.2, -0.15) is 0 Å². The van der Waals surface area contributed by atoms with Crippen molar-refractivity contribution in [1.29, 1.82) is 0 Å². The maximum absolute atomic E-state index is 12.0. The summed E-state index contributed by atoms with van der Waals surface area (Å²) in [7, 11) is 0. The summed E-state index contributed by atoms with van der Waals surface area (Å²) < 4.78 is 0. The van der Waals surface area contributed by atoms with E-state index in [4.69, 9.17) is 5.11 Å². The highest BCUT2D eigenvalue weighted by atomic mass is 35.5. The quantitative estimate of drug-likeness (QED) is 0.870. The molecule has 2 aromatic rings. The van der Waals surface area contributed by atoms with Crippen LogP contribution in [-0.4, -0.2) is 27.0 Å². The van der Waals surface area contributed by atoms with Crippen molar-refractivity contribution < 1.29 is 14.7 Å². The van der Waals surface area contributed by atoms with E-state index >= 15 is 0 Å². The number of aliphatic carboxylic acids is 1. The Labute approximate surface area is 137 Å². The molecular formula is C14H14ClN3O3S. The van der Waals surface area contributed by atoms with Crippen molar-refractivity contribution in [2.24, 2.45) is 5.92 Å². The largest absolute Gasteiger partial charge is 0.481 e. The first-order chi connectivity index (χ1) is 10.1. The van der Waals surface area contributed by atoms with E-state index in [-0.39, 0.29) is 36.7 Å². The molecule has 22 heavy (non-hydrogen) atoms. The van der Waals surface area contributed by atoms with Gasteiger partial charge in [0.2, 0.25) is 0 Å². The van der Waals surface area contributed by atoms with Gasteiger partial charge in [-0.15, -0.1) is 23.7 Å². The van der Waals surface area contributed by atoms with E-state index in [1.54, 1.807) is 29.9 Å². The molecule has 0 aromatic carbocycles. The fourth-order valence-corrected chi connectivity index (χ4v) is 3.20. The second-order valence-corrected chi connectivity index (χ2v) is 5.82. The molecule has 2 heterocycles. The smallest absolute Gasteiger partial charge is 0.307 e. The van der Waals surface area contributed by atoms with Gasteiger partial charge in [0.25, 0.3) is 5.91 Å². The predicted molar refractivity (Wildman–Crippen MR) is 83.3 cm³/mol. The van der Waals surface area contributed by atoms with Crippen molar-refractivity contribution in [1.82, 2.24) is 15.3 Å². The van der Waals surface area contributed by atoms with Crippen LogP contribution in [-0.2, 0) is 11.3 Å². The molecule has 1 saturated carbocycles. The van der Waals surface area contributed by atoms with Crippen molar-refractivity contribution in [2.45, 2.75) is 18.9 Å². The second kappa shape index (κ2) is 6.85. The van der Waals surface area contributed by atoms with Crippen LogP contribution in [0.2, 0.25) is 0 Å². The molecule has 2 aromatic heterocycles. The molecule has 116 valence electrons. The number of thiophene rings is 1. The number of nitrogens with zero attached hydrogens (tertiary/aromatic N) is 2. The number of carboxylic acids is 1. The molecule has 2 N–H and O–H groups in total. The van der Waals surface area contributed by atoms with Crippen LogP contribution in [0.3, 0.4) is 0 Å². The summed E-state index contributed by atoms with van der Waals surface area (Å²) in [6.07, 6.45) is 3.90. The number of amides is 1. The van der Waals surface area contributed by atoms with Crippen molar-refractivity contribution in [2.75, 3.05) is 0 Å². The Bertz CT molecular complexity index is 677. The number of carboxylic acid groups (broad SMARTS) is 1. The first-order valence-electron chi connectivity index (χ1n) is 6.50. The van der Waals surface area contributed by atoms with Gasteiger partial charge in [0.05, 0.1) is 18.0 Å². The van der Waals surface area contributed by atoms with Crippen LogP contribution < -0.4 is 5.32 Å². The summed E-state index contributed by atoms with van der Waals surface area (Å²) >= 11 is 1.44. The highest BCUT2D eigenvalue weighted by Gasteiger charge is 2.45. The second-order valence-electron chi connectivity index (χ2n) is 4.87. The summed E-state index contributed by atoms with van der Waals surface area (Å²) in [6.45, 7) is 0.270. The Morgan fingerprint density at radius 1 is 1.36 bits per heavy atom. The lowest BCUT2D eigenvalue weighted by Crippen LogP contribution is -2.23. The van der Waals surface area contributed by atoms with Crippen LogP contribution >= 0.6 is 23.7 Å². The van der Waals surface area contributed by atoms with Gasteiger partial charge < -0.3 is 10.4 Å². The Balaban J connectivity index is 0.00000176. The monoisotopic (exact) mass is 339 g/mol. The van der Waals surface area contributed by atoms with Crippen LogP contribution in [0.25, 0.3) is 0 Å². The van der Waals surface area contributed by atoms with Gasteiger partial charge in [-0.05, 0) is 18.6 Å². The molecule has 1 fully saturated rings. The lowest BCUT2D eigenvalue weighted by molar-refractivity contribution is -0.138. The van der Waals surface area contributed by atoms with Gasteiger partial charge in [-0.1, -0.05) is 0 Å². The minimum Gasteiger partial charge on any atom is -0.481 e.